The summed E-state index contributed by atoms with van der Waals surface area (Å²) in [5.41, 5.74) is 4.68. The van der Waals surface area contributed by atoms with Gasteiger partial charge in [0.1, 0.15) is 5.54 Å². The van der Waals surface area contributed by atoms with Crippen LogP contribution in [0.2, 0.25) is 6.32 Å². The number of rotatable bonds is 4. The highest BCUT2D eigenvalue weighted by Gasteiger charge is 2.48. The third-order valence-corrected chi connectivity index (χ3v) is 3.64. The summed E-state index contributed by atoms with van der Waals surface area (Å²) in [6.45, 7) is 1.83. The zero-order valence-corrected chi connectivity index (χ0v) is 8.89. The van der Waals surface area contributed by atoms with Crippen LogP contribution in [0.25, 0.3) is 0 Å². The second-order valence-electron chi connectivity index (χ2n) is 4.49. The van der Waals surface area contributed by atoms with E-state index >= 15 is 0 Å². The van der Waals surface area contributed by atoms with Crippen molar-refractivity contribution in [1.82, 2.24) is 0 Å². The first kappa shape index (κ1) is 12.5. The summed E-state index contributed by atoms with van der Waals surface area (Å²) < 4.78 is 0. The molecule has 0 saturated heterocycles. The van der Waals surface area contributed by atoms with E-state index in [9.17, 15) is 4.79 Å². The molecule has 5 N–H and O–H groups in total. The van der Waals surface area contributed by atoms with Gasteiger partial charge in [-0.2, -0.15) is 0 Å². The minimum atomic E-state index is -1.31. The first-order chi connectivity index (χ1) is 6.88. The molecule has 86 valence electrons. The van der Waals surface area contributed by atoms with Crippen LogP contribution >= 0.6 is 0 Å². The molecule has 0 radical (unpaired) electrons. The smallest absolute Gasteiger partial charge is 0.451 e. The van der Waals surface area contributed by atoms with Crippen LogP contribution < -0.4 is 5.73 Å². The Hall–Kier alpha value is -0.585. The maximum Gasteiger partial charge on any atom is 0.451 e. The quantitative estimate of drug-likeness (QED) is 0.481. The summed E-state index contributed by atoms with van der Waals surface area (Å²) in [6.07, 6.45) is 2.11. The van der Waals surface area contributed by atoms with Crippen molar-refractivity contribution in [2.45, 2.75) is 38.0 Å². The van der Waals surface area contributed by atoms with Crippen LogP contribution in [0.4, 0.5) is 0 Å². The first-order valence-electron chi connectivity index (χ1n) is 5.26. The van der Waals surface area contributed by atoms with E-state index in [1.54, 1.807) is 0 Å². The SMILES string of the molecule is C[C@@H]1[C@H](CCB(O)O)CC[C@]1(N)C(=O)O. The topological polar surface area (TPSA) is 104 Å². The molecule has 3 atom stereocenters. The third kappa shape index (κ3) is 2.51. The second-order valence-corrected chi connectivity index (χ2v) is 4.49. The van der Waals surface area contributed by atoms with Crippen LogP contribution in [0.1, 0.15) is 26.2 Å². The maximum absolute atomic E-state index is 11.0. The fraction of sp³-hybridized carbons (Fsp3) is 0.889. The summed E-state index contributed by atoms with van der Waals surface area (Å²) in [7, 11) is -1.31. The molecule has 15 heavy (non-hydrogen) atoms. The van der Waals surface area contributed by atoms with Crippen LogP contribution in [0.5, 0.6) is 0 Å². The number of carbonyl (C=O) groups is 1. The maximum atomic E-state index is 11.0. The summed E-state index contributed by atoms with van der Waals surface area (Å²) in [5, 5.41) is 26.5. The minimum absolute atomic E-state index is 0.117. The largest absolute Gasteiger partial charge is 0.480 e. The molecule has 0 aromatic carbocycles. The van der Waals surface area contributed by atoms with Crippen molar-refractivity contribution in [3.63, 3.8) is 0 Å². The van der Waals surface area contributed by atoms with Crippen molar-refractivity contribution in [1.29, 1.82) is 0 Å². The van der Waals surface area contributed by atoms with Gasteiger partial charge in [-0.15, -0.1) is 0 Å². The van der Waals surface area contributed by atoms with Crippen LogP contribution in [0.3, 0.4) is 0 Å². The molecule has 0 aromatic heterocycles. The van der Waals surface area contributed by atoms with E-state index in [1.807, 2.05) is 6.92 Å². The van der Waals surface area contributed by atoms with E-state index in [-0.39, 0.29) is 18.2 Å². The number of hydrogen-bond donors (Lipinski definition) is 4. The second kappa shape index (κ2) is 4.51. The van der Waals surface area contributed by atoms with Gasteiger partial charge in [-0.3, -0.25) is 4.79 Å². The number of aliphatic carboxylic acids is 1. The van der Waals surface area contributed by atoms with Gasteiger partial charge in [-0.1, -0.05) is 13.3 Å². The molecule has 0 aromatic rings. The predicted octanol–water partition coefficient (Wildman–Crippen LogP) is -0.323. The molecule has 0 heterocycles. The lowest BCUT2D eigenvalue weighted by Crippen LogP contribution is -2.51. The average molecular weight is 215 g/mol. The molecule has 0 aliphatic heterocycles. The summed E-state index contributed by atoms with van der Waals surface area (Å²) in [5.74, 6) is -0.899. The van der Waals surface area contributed by atoms with E-state index in [0.29, 0.717) is 12.8 Å². The first-order valence-corrected chi connectivity index (χ1v) is 5.26. The molecule has 5 nitrogen and oxygen atoms in total. The molecule has 1 rings (SSSR count). The lowest BCUT2D eigenvalue weighted by atomic mass is 9.76. The lowest BCUT2D eigenvalue weighted by molar-refractivity contribution is -0.144. The monoisotopic (exact) mass is 215 g/mol. The molecule has 0 unspecified atom stereocenters. The zero-order valence-electron chi connectivity index (χ0n) is 8.89. The molecule has 1 saturated carbocycles. The molecular formula is C9H18BNO4. The molecule has 1 aliphatic carbocycles. The normalized spacial score (nSPS) is 35.5. The van der Waals surface area contributed by atoms with E-state index < -0.39 is 18.6 Å². The number of hydrogen-bond acceptors (Lipinski definition) is 4. The highest BCUT2D eigenvalue weighted by Crippen LogP contribution is 2.41. The van der Waals surface area contributed by atoms with E-state index in [4.69, 9.17) is 20.9 Å². The molecule has 0 amide bonds. The van der Waals surface area contributed by atoms with E-state index in [2.05, 4.69) is 0 Å². The summed E-state index contributed by atoms with van der Waals surface area (Å²) >= 11 is 0. The number of carboxylic acid groups (broad SMARTS) is 1. The Bertz CT molecular complexity index is 248. The van der Waals surface area contributed by atoms with Crippen molar-refractivity contribution in [2.24, 2.45) is 17.6 Å². The third-order valence-electron chi connectivity index (χ3n) is 3.64. The Morgan fingerprint density at radius 2 is 2.20 bits per heavy atom. The summed E-state index contributed by atoms with van der Waals surface area (Å²) in [6, 6.07) is 0. The minimum Gasteiger partial charge on any atom is -0.480 e. The van der Waals surface area contributed by atoms with Gasteiger partial charge in [0.05, 0.1) is 0 Å². The number of nitrogens with two attached hydrogens (primary N) is 1. The standard InChI is InChI=1S/C9H18BNO4/c1-6-7(3-5-10(14)15)2-4-9(6,11)8(12)13/h6-7,14-15H,2-5,11H2,1H3,(H,12,13)/t6-,7+,9-/m1/s1. The Morgan fingerprint density at radius 1 is 1.60 bits per heavy atom. The van der Waals surface area contributed by atoms with Crippen molar-refractivity contribution in [3.05, 3.63) is 0 Å². The van der Waals surface area contributed by atoms with Crippen molar-refractivity contribution >= 4 is 13.1 Å². The van der Waals surface area contributed by atoms with Crippen molar-refractivity contribution in [3.8, 4) is 0 Å². The van der Waals surface area contributed by atoms with Gasteiger partial charge in [0.25, 0.3) is 0 Å². The molecule has 0 bridgehead atoms. The van der Waals surface area contributed by atoms with Crippen molar-refractivity contribution < 1.29 is 19.9 Å². The zero-order chi connectivity index (χ0) is 11.6. The van der Waals surface area contributed by atoms with Gasteiger partial charge in [-0.05, 0) is 31.0 Å². The number of carboxylic acids is 1. The lowest BCUT2D eigenvalue weighted by Gasteiger charge is -2.26. The van der Waals surface area contributed by atoms with Crippen molar-refractivity contribution in [2.75, 3.05) is 0 Å². The Balaban J connectivity index is 2.56. The molecule has 6 heteroatoms. The van der Waals surface area contributed by atoms with E-state index in [0.717, 1.165) is 6.42 Å². The van der Waals surface area contributed by atoms with Gasteiger partial charge in [0.2, 0.25) is 0 Å². The highest BCUT2D eigenvalue weighted by molar-refractivity contribution is 6.40. The van der Waals surface area contributed by atoms with Gasteiger partial charge in [0, 0.05) is 0 Å². The Kier molecular flexibility index (Phi) is 3.75. The van der Waals surface area contributed by atoms with Crippen LogP contribution in [0.15, 0.2) is 0 Å². The van der Waals surface area contributed by atoms with Gasteiger partial charge in [0.15, 0.2) is 0 Å². The summed E-state index contributed by atoms with van der Waals surface area (Å²) in [4.78, 5) is 11.0. The van der Waals surface area contributed by atoms with Gasteiger partial charge in [-0.25, -0.2) is 0 Å². The van der Waals surface area contributed by atoms with Crippen LogP contribution in [-0.2, 0) is 4.79 Å². The van der Waals surface area contributed by atoms with E-state index in [1.165, 1.54) is 0 Å². The Labute approximate surface area is 89.4 Å². The van der Waals surface area contributed by atoms with Gasteiger partial charge < -0.3 is 20.9 Å². The van der Waals surface area contributed by atoms with Crippen LogP contribution in [0, 0.1) is 11.8 Å². The molecule has 0 spiro atoms. The molecule has 1 aliphatic rings. The van der Waals surface area contributed by atoms with Gasteiger partial charge >= 0.3 is 13.1 Å². The van der Waals surface area contributed by atoms with Crippen LogP contribution in [-0.4, -0.2) is 33.8 Å². The fourth-order valence-electron chi connectivity index (χ4n) is 2.38. The Morgan fingerprint density at radius 3 is 2.60 bits per heavy atom. The highest BCUT2D eigenvalue weighted by atomic mass is 16.4. The average Bonchev–Trinajstić information content (AvgIpc) is 2.42. The molecule has 1 fully saturated rings. The molecular weight excluding hydrogens is 197 g/mol. The predicted molar refractivity (Wildman–Crippen MR) is 56.1 cm³/mol. The fourth-order valence-corrected chi connectivity index (χ4v) is 2.38.